The zero-order chi connectivity index (χ0) is 22.1. The van der Waals surface area contributed by atoms with Crippen LogP contribution in [0.2, 0.25) is 0 Å². The van der Waals surface area contributed by atoms with Gasteiger partial charge in [0.15, 0.2) is 11.5 Å². The molecule has 2 aliphatic rings. The summed E-state index contributed by atoms with van der Waals surface area (Å²) < 4.78 is 10.8. The van der Waals surface area contributed by atoms with Crippen LogP contribution in [0.5, 0.6) is 11.5 Å². The van der Waals surface area contributed by atoms with Crippen molar-refractivity contribution in [3.05, 3.63) is 87.1 Å². The monoisotopic (exact) mass is 431 g/mol. The third-order valence-electron chi connectivity index (χ3n) is 6.15. The second-order valence-electron chi connectivity index (χ2n) is 8.29. The van der Waals surface area contributed by atoms with E-state index in [1.807, 2.05) is 60.4 Å². The summed E-state index contributed by atoms with van der Waals surface area (Å²) in [6, 6.07) is 15.2. The topological polar surface area (TPSA) is 84.5 Å². The van der Waals surface area contributed by atoms with Gasteiger partial charge in [-0.15, -0.1) is 0 Å². The molecule has 32 heavy (non-hydrogen) atoms. The van der Waals surface area contributed by atoms with Crippen LogP contribution in [-0.4, -0.2) is 34.1 Å². The first-order valence-electron chi connectivity index (χ1n) is 10.9. The summed E-state index contributed by atoms with van der Waals surface area (Å²) in [6.45, 7) is 2.73. The van der Waals surface area contributed by atoms with E-state index < -0.39 is 0 Å². The van der Waals surface area contributed by atoms with Gasteiger partial charge in [0.25, 0.3) is 5.56 Å². The highest BCUT2D eigenvalue weighted by molar-refractivity contribution is 5.79. The lowest BCUT2D eigenvalue weighted by atomic mass is 10.0. The van der Waals surface area contributed by atoms with Crippen molar-refractivity contribution in [2.45, 2.75) is 38.6 Å². The minimum atomic E-state index is -0.214. The first kappa shape index (κ1) is 20.3. The molecule has 7 nitrogen and oxygen atoms in total. The predicted molar refractivity (Wildman–Crippen MR) is 119 cm³/mol. The zero-order valence-electron chi connectivity index (χ0n) is 18.0. The van der Waals surface area contributed by atoms with Crippen LogP contribution in [0.3, 0.4) is 0 Å². The molecule has 0 unspecified atom stereocenters. The number of likely N-dealkylation sites (tertiary alicyclic amines) is 1. The Balaban J connectivity index is 1.34. The summed E-state index contributed by atoms with van der Waals surface area (Å²) >= 11 is 0. The minimum Gasteiger partial charge on any atom is -0.454 e. The van der Waals surface area contributed by atoms with Crippen molar-refractivity contribution in [1.29, 1.82) is 0 Å². The number of aromatic nitrogens is 2. The number of hydrogen-bond acceptors (Lipinski definition) is 5. The second kappa shape index (κ2) is 8.49. The van der Waals surface area contributed by atoms with Gasteiger partial charge in [-0.25, -0.2) is 4.98 Å². The average molecular weight is 431 g/mol. The summed E-state index contributed by atoms with van der Waals surface area (Å²) in [6.07, 6.45) is 2.47. The Kier molecular flexibility index (Phi) is 5.39. The maximum Gasteiger partial charge on any atom is 0.254 e. The van der Waals surface area contributed by atoms with Crippen molar-refractivity contribution in [3.8, 4) is 11.5 Å². The average Bonchev–Trinajstić information content (AvgIpc) is 3.46. The highest BCUT2D eigenvalue weighted by Crippen LogP contribution is 2.34. The highest BCUT2D eigenvalue weighted by atomic mass is 16.7. The number of nitrogens with zero attached hydrogens (tertiary/aromatic N) is 2. The number of carbonyl (C=O) groups excluding carboxylic acids is 1. The van der Waals surface area contributed by atoms with Crippen LogP contribution in [0.1, 0.15) is 47.1 Å². The van der Waals surface area contributed by atoms with E-state index in [1.165, 1.54) is 0 Å². The highest BCUT2D eigenvalue weighted by Gasteiger charge is 2.32. The molecular weight excluding hydrogens is 406 g/mol. The minimum absolute atomic E-state index is 0.0139. The molecule has 0 aliphatic carbocycles. The summed E-state index contributed by atoms with van der Waals surface area (Å²) in [4.78, 5) is 35.5. The van der Waals surface area contributed by atoms with Gasteiger partial charge in [0.05, 0.1) is 12.5 Å². The summed E-state index contributed by atoms with van der Waals surface area (Å²) in [5.74, 6) is 1.96. The Morgan fingerprint density at radius 3 is 2.75 bits per heavy atom. The van der Waals surface area contributed by atoms with Crippen molar-refractivity contribution in [1.82, 2.24) is 14.9 Å². The van der Waals surface area contributed by atoms with Gasteiger partial charge in [-0.3, -0.25) is 9.59 Å². The molecule has 1 N–H and O–H groups in total. The largest absolute Gasteiger partial charge is 0.454 e. The number of carbonyl (C=O) groups is 1. The molecule has 0 saturated carbocycles. The van der Waals surface area contributed by atoms with Gasteiger partial charge >= 0.3 is 0 Å². The number of hydrogen-bond donors (Lipinski definition) is 1. The molecule has 5 rings (SSSR count). The van der Waals surface area contributed by atoms with E-state index >= 15 is 0 Å². The molecule has 1 fully saturated rings. The third-order valence-corrected chi connectivity index (χ3v) is 6.15. The first-order valence-corrected chi connectivity index (χ1v) is 10.9. The van der Waals surface area contributed by atoms with Gasteiger partial charge in [0, 0.05) is 24.2 Å². The van der Waals surface area contributed by atoms with Gasteiger partial charge in [-0.1, -0.05) is 36.4 Å². The summed E-state index contributed by atoms with van der Waals surface area (Å²) in [7, 11) is 0. The van der Waals surface area contributed by atoms with Crippen LogP contribution in [0.25, 0.3) is 0 Å². The Morgan fingerprint density at radius 1 is 1.12 bits per heavy atom. The lowest BCUT2D eigenvalue weighted by molar-refractivity contribution is -0.131. The molecule has 0 radical (unpaired) electrons. The normalized spacial score (nSPS) is 17.0. The fourth-order valence-electron chi connectivity index (χ4n) is 4.47. The quantitative estimate of drug-likeness (QED) is 0.670. The Hall–Kier alpha value is -3.61. The van der Waals surface area contributed by atoms with E-state index in [0.29, 0.717) is 41.5 Å². The van der Waals surface area contributed by atoms with Crippen LogP contribution in [0.15, 0.2) is 53.3 Å². The number of benzene rings is 2. The number of amides is 1. The maximum atomic E-state index is 13.1. The Morgan fingerprint density at radius 2 is 1.94 bits per heavy atom. The number of H-pyrrole nitrogens is 1. The van der Waals surface area contributed by atoms with Crippen LogP contribution in [0.4, 0.5) is 0 Å². The number of aryl methyl sites for hydroxylation is 1. The molecule has 2 aromatic carbocycles. The van der Waals surface area contributed by atoms with E-state index in [4.69, 9.17) is 14.5 Å². The molecule has 3 aromatic rings. The molecule has 164 valence electrons. The van der Waals surface area contributed by atoms with Gasteiger partial charge in [-0.2, -0.15) is 0 Å². The van der Waals surface area contributed by atoms with Crippen LogP contribution in [0, 0.1) is 6.92 Å². The summed E-state index contributed by atoms with van der Waals surface area (Å²) in [5.41, 5.74) is 3.18. The van der Waals surface area contributed by atoms with Gasteiger partial charge in [0.1, 0.15) is 5.82 Å². The third kappa shape index (κ3) is 3.98. The number of ether oxygens (including phenoxy) is 2. The standard InChI is InChI=1S/C25H25N3O4/c1-16-19(12-17-6-3-2-4-7-17)25(30)27-24(26-16)20-8-5-11-28(20)23(29)14-18-9-10-21-22(13-18)32-15-31-21/h2-4,6-7,9-10,13,20H,5,8,11-12,14-15H2,1H3,(H,26,27,30)/t20-/m1/s1. The molecule has 0 spiro atoms. The number of aromatic amines is 1. The second-order valence-corrected chi connectivity index (χ2v) is 8.29. The predicted octanol–water partition coefficient (Wildman–Crippen LogP) is 3.30. The molecule has 1 saturated heterocycles. The number of fused-ring (bicyclic) bond motifs is 1. The van der Waals surface area contributed by atoms with E-state index in [-0.39, 0.29) is 30.7 Å². The number of nitrogens with one attached hydrogen (secondary N) is 1. The van der Waals surface area contributed by atoms with Crippen molar-refractivity contribution in [2.75, 3.05) is 13.3 Å². The van der Waals surface area contributed by atoms with Crippen molar-refractivity contribution in [3.63, 3.8) is 0 Å². The molecule has 7 heteroatoms. The van der Waals surface area contributed by atoms with E-state index in [2.05, 4.69) is 4.98 Å². The van der Waals surface area contributed by atoms with Crippen molar-refractivity contribution in [2.24, 2.45) is 0 Å². The van der Waals surface area contributed by atoms with Crippen LogP contribution < -0.4 is 15.0 Å². The van der Waals surface area contributed by atoms with Crippen molar-refractivity contribution >= 4 is 5.91 Å². The maximum absolute atomic E-state index is 13.1. The fraction of sp³-hybridized carbons (Fsp3) is 0.320. The van der Waals surface area contributed by atoms with Crippen LogP contribution >= 0.6 is 0 Å². The first-order chi connectivity index (χ1) is 15.6. The number of rotatable bonds is 5. The molecule has 2 aliphatic heterocycles. The van der Waals surface area contributed by atoms with E-state index in [1.54, 1.807) is 0 Å². The van der Waals surface area contributed by atoms with Crippen molar-refractivity contribution < 1.29 is 14.3 Å². The zero-order valence-corrected chi connectivity index (χ0v) is 18.0. The SMILES string of the molecule is Cc1nc([C@H]2CCCN2C(=O)Cc2ccc3c(c2)OCO3)[nH]c(=O)c1Cc1ccccc1. The van der Waals surface area contributed by atoms with Gasteiger partial charge in [-0.05, 0) is 43.0 Å². The summed E-state index contributed by atoms with van der Waals surface area (Å²) in [5, 5.41) is 0. The lowest BCUT2D eigenvalue weighted by Gasteiger charge is -2.24. The molecule has 0 bridgehead atoms. The molecule has 3 heterocycles. The molecule has 1 atom stereocenters. The fourth-order valence-corrected chi connectivity index (χ4v) is 4.47. The molecule has 1 amide bonds. The van der Waals surface area contributed by atoms with E-state index in [0.717, 1.165) is 24.0 Å². The lowest BCUT2D eigenvalue weighted by Crippen LogP contribution is -2.34. The van der Waals surface area contributed by atoms with Gasteiger partial charge in [0.2, 0.25) is 12.7 Å². The van der Waals surface area contributed by atoms with Gasteiger partial charge < -0.3 is 19.4 Å². The smallest absolute Gasteiger partial charge is 0.254 e. The Labute approximate surface area is 186 Å². The molecular formula is C25H25N3O4. The Bertz CT molecular complexity index is 1210. The van der Waals surface area contributed by atoms with E-state index in [9.17, 15) is 9.59 Å². The molecule has 1 aromatic heterocycles. The van der Waals surface area contributed by atoms with Crippen LogP contribution in [-0.2, 0) is 17.6 Å².